The van der Waals surface area contributed by atoms with Gasteiger partial charge in [0, 0.05) is 17.3 Å². The minimum atomic E-state index is -1.000. The molecule has 0 spiro atoms. The van der Waals surface area contributed by atoms with Crippen LogP contribution >= 0.6 is 0 Å². The van der Waals surface area contributed by atoms with Gasteiger partial charge in [0.15, 0.2) is 5.65 Å². The van der Waals surface area contributed by atoms with Gasteiger partial charge in [-0.3, -0.25) is 5.10 Å². The highest BCUT2D eigenvalue weighted by molar-refractivity contribution is 5.96. The van der Waals surface area contributed by atoms with Gasteiger partial charge in [-0.1, -0.05) is 60.7 Å². The average Bonchev–Trinajstić information content (AvgIpc) is 3.15. The van der Waals surface area contributed by atoms with E-state index < -0.39 is 5.97 Å². The molecule has 0 aliphatic rings. The second kappa shape index (κ2) is 5.14. The minimum absolute atomic E-state index is 0.157. The Hall–Kier alpha value is -3.34. The predicted octanol–water partition coefficient (Wildman–Crippen LogP) is 3.69. The maximum Gasteiger partial charge on any atom is 0.341 e. The topological polar surface area (TPSA) is 70.4 Å². The van der Waals surface area contributed by atoms with Gasteiger partial charge < -0.3 is 5.11 Å². The summed E-state index contributed by atoms with van der Waals surface area (Å²) in [6.45, 7) is 0. The monoisotopic (exact) mass is 303 g/mol. The Morgan fingerprint density at radius 2 is 1.57 bits per heavy atom. The molecule has 0 amide bonds. The van der Waals surface area contributed by atoms with Crippen LogP contribution in [0.3, 0.4) is 0 Å². The first-order valence-electron chi connectivity index (χ1n) is 7.19. The first kappa shape index (κ1) is 13.3. The van der Waals surface area contributed by atoms with E-state index in [-0.39, 0.29) is 5.56 Å². The Kier molecular flexibility index (Phi) is 2.98. The van der Waals surface area contributed by atoms with Crippen molar-refractivity contribution in [2.24, 2.45) is 0 Å². The quantitative estimate of drug-likeness (QED) is 0.606. The van der Waals surface area contributed by atoms with E-state index in [1.807, 2.05) is 60.7 Å². The molecule has 0 bridgehead atoms. The lowest BCUT2D eigenvalue weighted by atomic mass is 10.1. The fourth-order valence-corrected chi connectivity index (χ4v) is 2.74. The van der Waals surface area contributed by atoms with Gasteiger partial charge >= 0.3 is 5.97 Å². The van der Waals surface area contributed by atoms with Crippen molar-refractivity contribution in [2.75, 3.05) is 0 Å². The fraction of sp³-hybridized carbons (Fsp3) is 0. The van der Waals surface area contributed by atoms with E-state index in [1.54, 1.807) is 4.52 Å². The van der Waals surface area contributed by atoms with Crippen LogP contribution in [0.15, 0.2) is 66.9 Å². The van der Waals surface area contributed by atoms with Crippen molar-refractivity contribution in [2.45, 2.75) is 0 Å². The fourth-order valence-electron chi connectivity index (χ4n) is 2.74. The molecule has 5 heteroatoms. The number of benzene rings is 2. The molecule has 23 heavy (non-hydrogen) atoms. The average molecular weight is 303 g/mol. The Bertz CT molecular complexity index is 985. The normalized spacial score (nSPS) is 11.0. The van der Waals surface area contributed by atoms with E-state index in [2.05, 4.69) is 10.1 Å². The number of aromatic amines is 1. The zero-order chi connectivity index (χ0) is 15.8. The largest absolute Gasteiger partial charge is 0.477 e. The summed E-state index contributed by atoms with van der Waals surface area (Å²) in [6, 6.07) is 19.6. The summed E-state index contributed by atoms with van der Waals surface area (Å²) in [5.74, 6) is -1.000. The van der Waals surface area contributed by atoms with Gasteiger partial charge in [0.25, 0.3) is 0 Å². The first-order chi connectivity index (χ1) is 11.3. The Labute approximate surface area is 131 Å². The molecule has 0 aliphatic carbocycles. The van der Waals surface area contributed by atoms with Crippen molar-refractivity contribution >= 4 is 11.6 Å². The van der Waals surface area contributed by atoms with Gasteiger partial charge in [0.05, 0.1) is 11.4 Å². The molecular formula is C18H13N3O2. The van der Waals surface area contributed by atoms with Gasteiger partial charge in [-0.15, -0.1) is 0 Å². The molecular weight excluding hydrogens is 290 g/mol. The van der Waals surface area contributed by atoms with Crippen molar-refractivity contribution in [1.29, 1.82) is 0 Å². The summed E-state index contributed by atoms with van der Waals surface area (Å²) in [4.78, 5) is 16.0. The van der Waals surface area contributed by atoms with Crippen LogP contribution in [0.25, 0.3) is 28.2 Å². The molecule has 0 radical (unpaired) electrons. The van der Waals surface area contributed by atoms with Gasteiger partial charge in [-0.2, -0.15) is 0 Å². The highest BCUT2D eigenvalue weighted by atomic mass is 16.4. The van der Waals surface area contributed by atoms with E-state index in [0.717, 1.165) is 22.5 Å². The third-order valence-electron chi connectivity index (χ3n) is 3.78. The molecule has 112 valence electrons. The molecule has 4 aromatic rings. The summed E-state index contributed by atoms with van der Waals surface area (Å²) >= 11 is 0. The van der Waals surface area contributed by atoms with Gasteiger partial charge in [0.1, 0.15) is 5.56 Å². The van der Waals surface area contributed by atoms with Crippen LogP contribution in [-0.2, 0) is 0 Å². The number of carboxylic acids is 1. The summed E-state index contributed by atoms with van der Waals surface area (Å²) in [7, 11) is 0. The predicted molar refractivity (Wildman–Crippen MR) is 87.4 cm³/mol. The van der Waals surface area contributed by atoms with Crippen molar-refractivity contribution in [3.63, 3.8) is 0 Å². The highest BCUT2D eigenvalue weighted by Gasteiger charge is 2.21. The highest BCUT2D eigenvalue weighted by Crippen LogP contribution is 2.33. The van der Waals surface area contributed by atoms with Gasteiger partial charge in [-0.25, -0.2) is 14.3 Å². The van der Waals surface area contributed by atoms with Crippen LogP contribution in [0, 0.1) is 0 Å². The van der Waals surface area contributed by atoms with Gasteiger partial charge in [-0.05, 0) is 0 Å². The van der Waals surface area contributed by atoms with Crippen LogP contribution in [0.1, 0.15) is 10.4 Å². The minimum Gasteiger partial charge on any atom is -0.477 e. The number of nitrogens with zero attached hydrogens (tertiary/aromatic N) is 2. The number of aromatic carboxylic acids is 1. The molecule has 0 unspecified atom stereocenters. The zero-order valence-electron chi connectivity index (χ0n) is 12.1. The second-order valence-electron chi connectivity index (χ2n) is 5.19. The molecule has 2 aromatic heterocycles. The number of carbonyl (C=O) groups is 1. The number of fused-ring (bicyclic) bond motifs is 1. The maximum atomic E-state index is 11.4. The van der Waals surface area contributed by atoms with Crippen molar-refractivity contribution in [3.05, 3.63) is 72.4 Å². The molecule has 0 aliphatic heterocycles. The maximum absolute atomic E-state index is 11.4. The SMILES string of the molecule is O=C(O)c1c[nH]n2c(-c3ccccc3)c(-c3ccccc3)nc12. The molecule has 0 saturated carbocycles. The number of hydrogen-bond acceptors (Lipinski definition) is 2. The van der Waals surface area contributed by atoms with Gasteiger partial charge in [0.2, 0.25) is 0 Å². The zero-order valence-corrected chi connectivity index (χ0v) is 12.1. The van der Waals surface area contributed by atoms with Crippen LogP contribution in [0.4, 0.5) is 0 Å². The number of H-pyrrole nitrogens is 1. The number of aromatic nitrogens is 3. The molecule has 2 heterocycles. The van der Waals surface area contributed by atoms with Crippen LogP contribution in [0.5, 0.6) is 0 Å². The number of rotatable bonds is 3. The van der Waals surface area contributed by atoms with Crippen LogP contribution in [-0.4, -0.2) is 25.7 Å². The second-order valence-corrected chi connectivity index (χ2v) is 5.19. The van der Waals surface area contributed by atoms with Crippen molar-refractivity contribution < 1.29 is 9.90 Å². The number of imidazole rings is 1. The third kappa shape index (κ3) is 2.10. The molecule has 0 atom stereocenters. The molecule has 2 N–H and O–H groups in total. The smallest absolute Gasteiger partial charge is 0.341 e. The van der Waals surface area contributed by atoms with Crippen molar-refractivity contribution in [1.82, 2.24) is 14.6 Å². The van der Waals surface area contributed by atoms with E-state index in [1.165, 1.54) is 6.20 Å². The lowest BCUT2D eigenvalue weighted by molar-refractivity contribution is 0.0699. The summed E-state index contributed by atoms with van der Waals surface area (Å²) in [5.41, 5.74) is 4.09. The van der Waals surface area contributed by atoms with E-state index in [0.29, 0.717) is 5.65 Å². The molecule has 4 rings (SSSR count). The summed E-state index contributed by atoms with van der Waals surface area (Å²) in [5, 5.41) is 12.3. The number of hydrogen-bond donors (Lipinski definition) is 2. The Morgan fingerprint density at radius 3 is 2.17 bits per heavy atom. The van der Waals surface area contributed by atoms with E-state index >= 15 is 0 Å². The molecule has 0 fully saturated rings. The number of carboxylic acid groups (broad SMARTS) is 1. The van der Waals surface area contributed by atoms with E-state index in [4.69, 9.17) is 0 Å². The molecule has 2 aromatic carbocycles. The Balaban J connectivity index is 2.07. The number of nitrogens with one attached hydrogen (secondary N) is 1. The van der Waals surface area contributed by atoms with Crippen molar-refractivity contribution in [3.8, 4) is 22.5 Å². The standard InChI is InChI=1S/C18H13N3O2/c22-18(23)14-11-19-21-16(13-9-5-2-6-10-13)15(20-17(14)21)12-7-3-1-4-8-12/h1-11,19H,(H,22,23). The summed E-state index contributed by atoms with van der Waals surface area (Å²) in [6.07, 6.45) is 1.46. The van der Waals surface area contributed by atoms with E-state index in [9.17, 15) is 9.90 Å². The van der Waals surface area contributed by atoms with Crippen LogP contribution < -0.4 is 0 Å². The first-order valence-corrected chi connectivity index (χ1v) is 7.19. The Morgan fingerprint density at radius 1 is 0.957 bits per heavy atom. The third-order valence-corrected chi connectivity index (χ3v) is 3.78. The lowest BCUT2D eigenvalue weighted by Gasteiger charge is -2.04. The molecule has 0 saturated heterocycles. The lowest BCUT2D eigenvalue weighted by Crippen LogP contribution is -1.94. The summed E-state index contributed by atoms with van der Waals surface area (Å²) < 4.78 is 1.72. The molecule has 5 nitrogen and oxygen atoms in total. The van der Waals surface area contributed by atoms with Crippen LogP contribution in [0.2, 0.25) is 0 Å².